The molecule has 0 aliphatic heterocycles. The fraction of sp³-hybridized carbons (Fsp3) is 0.286. The lowest BCUT2D eigenvalue weighted by Gasteiger charge is -2.25. The largest absolute Gasteiger partial charge is 0.352 e. The van der Waals surface area contributed by atoms with Gasteiger partial charge in [-0.3, -0.25) is 13.9 Å². The molecule has 0 spiro atoms. The Morgan fingerprint density at radius 3 is 2.22 bits per heavy atom. The summed E-state index contributed by atoms with van der Waals surface area (Å²) >= 11 is 0. The zero-order chi connectivity index (χ0) is 26.5. The van der Waals surface area contributed by atoms with Crippen LogP contribution in [-0.4, -0.2) is 33.0 Å². The first-order valence-electron chi connectivity index (χ1n) is 11.8. The molecule has 36 heavy (non-hydrogen) atoms. The molecule has 2 N–H and O–H groups in total. The van der Waals surface area contributed by atoms with E-state index in [4.69, 9.17) is 0 Å². The SMILES string of the molecule is Cc1ccc(C)c(N(Cc2ccc(C(=O)Nc3ccccc3C(=O)NCC(C)C)cc2)S(C)(=O)=O)c1. The van der Waals surface area contributed by atoms with Crippen molar-refractivity contribution in [2.24, 2.45) is 5.92 Å². The number of anilines is 2. The Morgan fingerprint density at radius 1 is 0.917 bits per heavy atom. The average Bonchev–Trinajstić information content (AvgIpc) is 2.82. The third-order valence-corrected chi connectivity index (χ3v) is 6.79. The van der Waals surface area contributed by atoms with Gasteiger partial charge in [0.05, 0.1) is 29.7 Å². The van der Waals surface area contributed by atoms with E-state index in [2.05, 4.69) is 10.6 Å². The topological polar surface area (TPSA) is 95.6 Å². The zero-order valence-electron chi connectivity index (χ0n) is 21.3. The van der Waals surface area contributed by atoms with Gasteiger partial charge in [-0.15, -0.1) is 0 Å². The number of para-hydroxylation sites is 1. The van der Waals surface area contributed by atoms with E-state index in [1.165, 1.54) is 10.6 Å². The number of amides is 2. The summed E-state index contributed by atoms with van der Waals surface area (Å²) in [4.78, 5) is 25.5. The number of hydrogen-bond donors (Lipinski definition) is 2. The van der Waals surface area contributed by atoms with Crippen LogP contribution in [0.3, 0.4) is 0 Å². The van der Waals surface area contributed by atoms with Crippen molar-refractivity contribution in [2.75, 3.05) is 22.4 Å². The number of nitrogens with zero attached hydrogens (tertiary/aromatic N) is 1. The summed E-state index contributed by atoms with van der Waals surface area (Å²) in [7, 11) is -3.53. The van der Waals surface area contributed by atoms with Crippen molar-refractivity contribution < 1.29 is 18.0 Å². The van der Waals surface area contributed by atoms with Crippen LogP contribution in [0.25, 0.3) is 0 Å². The molecule has 0 bridgehead atoms. The zero-order valence-corrected chi connectivity index (χ0v) is 22.1. The third-order valence-electron chi connectivity index (χ3n) is 5.67. The Labute approximate surface area is 213 Å². The lowest BCUT2D eigenvalue weighted by atomic mass is 10.1. The van der Waals surface area contributed by atoms with Crippen LogP contribution in [0.15, 0.2) is 66.7 Å². The van der Waals surface area contributed by atoms with Crippen molar-refractivity contribution in [3.63, 3.8) is 0 Å². The third kappa shape index (κ3) is 6.95. The molecule has 8 heteroatoms. The number of rotatable bonds is 9. The second kappa shape index (κ2) is 11.4. The molecule has 3 aromatic carbocycles. The molecule has 0 radical (unpaired) electrons. The summed E-state index contributed by atoms with van der Waals surface area (Å²) < 4.78 is 26.5. The standard InChI is InChI=1S/C28H33N3O4S/c1-19(2)17-29-28(33)24-8-6-7-9-25(24)30-27(32)23-14-12-22(13-15-23)18-31(36(5,34)35)26-16-20(3)10-11-21(26)4/h6-16,19H,17-18H2,1-5H3,(H,29,33)(H,30,32). The molecule has 0 aliphatic carbocycles. The number of nitrogens with one attached hydrogen (secondary N) is 2. The van der Waals surface area contributed by atoms with E-state index >= 15 is 0 Å². The van der Waals surface area contributed by atoms with Gasteiger partial charge in [-0.1, -0.05) is 50.2 Å². The smallest absolute Gasteiger partial charge is 0.255 e. The van der Waals surface area contributed by atoms with E-state index in [1.54, 1.807) is 48.5 Å². The van der Waals surface area contributed by atoms with Gasteiger partial charge in [-0.05, 0) is 66.8 Å². The molecule has 2 amide bonds. The highest BCUT2D eigenvalue weighted by Gasteiger charge is 2.20. The van der Waals surface area contributed by atoms with Crippen LogP contribution in [0, 0.1) is 19.8 Å². The van der Waals surface area contributed by atoms with Crippen LogP contribution in [0.4, 0.5) is 11.4 Å². The molecule has 0 fully saturated rings. The summed E-state index contributed by atoms with van der Waals surface area (Å²) in [5.74, 6) is -0.301. The Bertz CT molecular complexity index is 1350. The summed E-state index contributed by atoms with van der Waals surface area (Å²) in [5.41, 5.74) is 4.41. The minimum atomic E-state index is -3.53. The summed E-state index contributed by atoms with van der Waals surface area (Å²) in [6.45, 7) is 8.49. The van der Waals surface area contributed by atoms with Gasteiger partial charge in [-0.25, -0.2) is 8.42 Å². The van der Waals surface area contributed by atoms with E-state index in [0.717, 1.165) is 16.7 Å². The molecule has 0 heterocycles. The molecule has 0 aliphatic rings. The van der Waals surface area contributed by atoms with Crippen LogP contribution in [0.5, 0.6) is 0 Å². The maximum Gasteiger partial charge on any atom is 0.255 e. The van der Waals surface area contributed by atoms with Gasteiger partial charge in [0.1, 0.15) is 0 Å². The minimum Gasteiger partial charge on any atom is -0.352 e. The molecule has 0 saturated carbocycles. The van der Waals surface area contributed by atoms with Crippen molar-refractivity contribution in [1.82, 2.24) is 5.32 Å². The number of aryl methyl sites for hydroxylation is 2. The first kappa shape index (κ1) is 26.9. The molecular formula is C28H33N3O4S. The fourth-order valence-electron chi connectivity index (χ4n) is 3.67. The van der Waals surface area contributed by atoms with Crippen LogP contribution in [0.1, 0.15) is 51.3 Å². The van der Waals surface area contributed by atoms with Gasteiger partial charge in [0.25, 0.3) is 11.8 Å². The molecule has 0 unspecified atom stereocenters. The highest BCUT2D eigenvalue weighted by atomic mass is 32.2. The first-order chi connectivity index (χ1) is 17.0. The fourth-order valence-corrected chi connectivity index (χ4v) is 4.61. The van der Waals surface area contributed by atoms with E-state index < -0.39 is 10.0 Å². The maximum absolute atomic E-state index is 12.9. The maximum atomic E-state index is 12.9. The summed E-state index contributed by atoms with van der Waals surface area (Å²) in [5, 5.41) is 5.68. The molecule has 0 aromatic heterocycles. The predicted molar refractivity (Wildman–Crippen MR) is 145 cm³/mol. The number of hydrogen-bond acceptors (Lipinski definition) is 4. The van der Waals surface area contributed by atoms with Crippen LogP contribution in [-0.2, 0) is 16.6 Å². The summed E-state index contributed by atoms with van der Waals surface area (Å²) in [6, 6.07) is 19.3. The van der Waals surface area contributed by atoms with Gasteiger partial charge < -0.3 is 10.6 Å². The van der Waals surface area contributed by atoms with Crippen molar-refractivity contribution in [3.8, 4) is 0 Å². The van der Waals surface area contributed by atoms with Gasteiger partial charge >= 0.3 is 0 Å². The molecule has 190 valence electrons. The van der Waals surface area contributed by atoms with Gasteiger partial charge in [0.2, 0.25) is 10.0 Å². The predicted octanol–water partition coefficient (Wildman–Crippen LogP) is 4.91. The van der Waals surface area contributed by atoms with Crippen LogP contribution >= 0.6 is 0 Å². The van der Waals surface area contributed by atoms with Gasteiger partial charge in [0, 0.05) is 12.1 Å². The lowest BCUT2D eigenvalue weighted by molar-refractivity contribution is 0.0950. The van der Waals surface area contributed by atoms with E-state index in [1.807, 2.05) is 45.9 Å². The monoisotopic (exact) mass is 507 g/mol. The highest BCUT2D eigenvalue weighted by molar-refractivity contribution is 7.92. The molecule has 3 rings (SSSR count). The van der Waals surface area contributed by atoms with Crippen molar-refractivity contribution in [2.45, 2.75) is 34.2 Å². The Kier molecular flexibility index (Phi) is 8.53. The van der Waals surface area contributed by atoms with Crippen LogP contribution < -0.4 is 14.9 Å². The second-order valence-electron chi connectivity index (χ2n) is 9.36. The normalized spacial score (nSPS) is 11.3. The molecule has 0 saturated heterocycles. The number of carbonyl (C=O) groups is 2. The van der Waals surface area contributed by atoms with E-state index in [-0.39, 0.29) is 18.4 Å². The van der Waals surface area contributed by atoms with Gasteiger partial charge in [-0.2, -0.15) is 0 Å². The molecule has 7 nitrogen and oxygen atoms in total. The quantitative estimate of drug-likeness (QED) is 0.430. The van der Waals surface area contributed by atoms with Crippen molar-refractivity contribution in [1.29, 1.82) is 0 Å². The Hall–Kier alpha value is -3.65. The van der Waals surface area contributed by atoms with Gasteiger partial charge in [0.15, 0.2) is 0 Å². The minimum absolute atomic E-state index is 0.143. The van der Waals surface area contributed by atoms with Crippen LogP contribution in [0.2, 0.25) is 0 Å². The second-order valence-corrected chi connectivity index (χ2v) is 11.3. The lowest BCUT2D eigenvalue weighted by Crippen LogP contribution is -2.30. The number of benzene rings is 3. The molecular weight excluding hydrogens is 474 g/mol. The van der Waals surface area contributed by atoms with E-state index in [0.29, 0.717) is 35.0 Å². The Morgan fingerprint density at radius 2 is 1.58 bits per heavy atom. The van der Waals surface area contributed by atoms with E-state index in [9.17, 15) is 18.0 Å². The molecule has 3 aromatic rings. The number of carbonyl (C=O) groups excluding carboxylic acids is 2. The number of sulfonamides is 1. The van der Waals surface area contributed by atoms with Crippen molar-refractivity contribution in [3.05, 3.63) is 94.5 Å². The highest BCUT2D eigenvalue weighted by Crippen LogP contribution is 2.26. The average molecular weight is 508 g/mol. The van der Waals surface area contributed by atoms with Crippen molar-refractivity contribution >= 4 is 33.2 Å². The first-order valence-corrected chi connectivity index (χ1v) is 13.6. The molecule has 0 atom stereocenters. The Balaban J connectivity index is 1.77. The summed E-state index contributed by atoms with van der Waals surface area (Å²) in [6.07, 6.45) is 1.19.